The Labute approximate surface area is 93.6 Å². The van der Waals surface area contributed by atoms with Gasteiger partial charge < -0.3 is 4.74 Å². The highest BCUT2D eigenvalue weighted by Crippen LogP contribution is 2.40. The van der Waals surface area contributed by atoms with Crippen LogP contribution < -0.4 is 0 Å². The van der Waals surface area contributed by atoms with Crippen molar-refractivity contribution in [3.63, 3.8) is 0 Å². The third-order valence-electron chi connectivity index (χ3n) is 3.22. The second kappa shape index (κ2) is 4.99. The molecule has 1 saturated carbocycles. The van der Waals surface area contributed by atoms with E-state index in [0.29, 0.717) is 5.41 Å². The minimum atomic E-state index is -0.212. The van der Waals surface area contributed by atoms with Crippen molar-refractivity contribution in [2.75, 3.05) is 0 Å². The fourth-order valence-electron chi connectivity index (χ4n) is 2.81. The summed E-state index contributed by atoms with van der Waals surface area (Å²) in [6.07, 6.45) is 4.35. The highest BCUT2D eigenvalue weighted by atomic mass is 16.5. The summed E-state index contributed by atoms with van der Waals surface area (Å²) in [4.78, 5) is 0. The number of ether oxygens (including phenoxy) is 1. The van der Waals surface area contributed by atoms with E-state index >= 15 is 0 Å². The summed E-state index contributed by atoms with van der Waals surface area (Å²) in [6.45, 7) is 8.88. The van der Waals surface area contributed by atoms with Gasteiger partial charge in [0.05, 0.1) is 12.2 Å². The van der Waals surface area contributed by atoms with E-state index in [2.05, 4.69) is 26.8 Å². The largest absolute Gasteiger partial charge is 0.360 e. The molecule has 0 heterocycles. The van der Waals surface area contributed by atoms with Gasteiger partial charge in [0.2, 0.25) is 0 Å². The topological polar surface area (TPSA) is 33.0 Å². The zero-order valence-corrected chi connectivity index (χ0v) is 10.4. The molecule has 2 heteroatoms. The van der Waals surface area contributed by atoms with Crippen molar-refractivity contribution in [3.05, 3.63) is 0 Å². The van der Waals surface area contributed by atoms with Gasteiger partial charge in [-0.25, -0.2) is 0 Å². The Kier molecular flexibility index (Phi) is 4.16. The molecule has 1 aliphatic carbocycles. The van der Waals surface area contributed by atoms with Crippen LogP contribution in [0.4, 0.5) is 0 Å². The SMILES string of the molecule is CCC(C#N)OC1CC(C)CC(C)(C)C1. The van der Waals surface area contributed by atoms with Crippen LogP contribution in [-0.2, 0) is 4.74 Å². The van der Waals surface area contributed by atoms with E-state index in [0.717, 1.165) is 25.2 Å². The lowest BCUT2D eigenvalue weighted by atomic mass is 9.71. The third-order valence-corrected chi connectivity index (χ3v) is 3.22. The molecule has 0 N–H and O–H groups in total. The standard InChI is InChI=1S/C13H23NO/c1-5-11(9-14)15-12-6-10(2)7-13(3,4)8-12/h10-12H,5-8H2,1-4H3. The van der Waals surface area contributed by atoms with Crippen LogP contribution in [-0.4, -0.2) is 12.2 Å². The molecule has 1 aliphatic rings. The van der Waals surface area contributed by atoms with Crippen molar-refractivity contribution in [3.8, 4) is 6.07 Å². The van der Waals surface area contributed by atoms with E-state index in [1.165, 1.54) is 6.42 Å². The lowest BCUT2D eigenvalue weighted by molar-refractivity contribution is -0.0466. The highest BCUT2D eigenvalue weighted by Gasteiger charge is 2.33. The van der Waals surface area contributed by atoms with E-state index in [4.69, 9.17) is 10.00 Å². The number of hydrogen-bond acceptors (Lipinski definition) is 2. The second-order valence-corrected chi connectivity index (χ2v) is 5.70. The fourth-order valence-corrected chi connectivity index (χ4v) is 2.81. The van der Waals surface area contributed by atoms with Gasteiger partial charge in [-0.05, 0) is 37.0 Å². The minimum absolute atomic E-state index is 0.212. The van der Waals surface area contributed by atoms with E-state index in [1.54, 1.807) is 0 Å². The van der Waals surface area contributed by atoms with E-state index in [-0.39, 0.29) is 12.2 Å². The van der Waals surface area contributed by atoms with Crippen LogP contribution in [0.1, 0.15) is 53.4 Å². The number of hydrogen-bond donors (Lipinski definition) is 0. The zero-order valence-electron chi connectivity index (χ0n) is 10.4. The summed E-state index contributed by atoms with van der Waals surface area (Å²) < 4.78 is 5.83. The summed E-state index contributed by atoms with van der Waals surface area (Å²) in [7, 11) is 0. The van der Waals surface area contributed by atoms with Crippen LogP contribution in [0, 0.1) is 22.7 Å². The summed E-state index contributed by atoms with van der Waals surface area (Å²) in [5.74, 6) is 0.718. The Bertz CT molecular complexity index is 241. The first kappa shape index (κ1) is 12.5. The van der Waals surface area contributed by atoms with Crippen LogP contribution in [0.2, 0.25) is 0 Å². The quantitative estimate of drug-likeness (QED) is 0.712. The normalized spacial score (nSPS) is 31.9. The molecule has 0 aliphatic heterocycles. The first-order valence-electron chi connectivity index (χ1n) is 6.02. The van der Waals surface area contributed by atoms with Crippen LogP contribution in [0.15, 0.2) is 0 Å². The maximum absolute atomic E-state index is 8.88. The molecule has 0 saturated heterocycles. The van der Waals surface area contributed by atoms with Gasteiger partial charge in [0.25, 0.3) is 0 Å². The van der Waals surface area contributed by atoms with E-state index in [9.17, 15) is 0 Å². The lowest BCUT2D eigenvalue weighted by Gasteiger charge is -2.39. The predicted molar refractivity (Wildman–Crippen MR) is 61.4 cm³/mol. The Morgan fingerprint density at radius 2 is 2.13 bits per heavy atom. The van der Waals surface area contributed by atoms with Gasteiger partial charge in [-0.15, -0.1) is 0 Å². The predicted octanol–water partition coefficient (Wildman–Crippen LogP) is 3.52. The minimum Gasteiger partial charge on any atom is -0.360 e. The van der Waals surface area contributed by atoms with Gasteiger partial charge in [-0.3, -0.25) is 0 Å². The Morgan fingerprint density at radius 1 is 1.47 bits per heavy atom. The molecule has 0 aromatic carbocycles. The summed E-state index contributed by atoms with van der Waals surface area (Å²) >= 11 is 0. The van der Waals surface area contributed by atoms with Gasteiger partial charge >= 0.3 is 0 Å². The Balaban J connectivity index is 2.52. The first-order valence-corrected chi connectivity index (χ1v) is 6.02. The molecule has 2 nitrogen and oxygen atoms in total. The average Bonchev–Trinajstić information content (AvgIpc) is 2.10. The van der Waals surface area contributed by atoms with Crippen LogP contribution in [0.3, 0.4) is 0 Å². The zero-order chi connectivity index (χ0) is 11.5. The summed E-state index contributed by atoms with van der Waals surface area (Å²) in [5.41, 5.74) is 0.371. The van der Waals surface area contributed by atoms with Gasteiger partial charge in [0.1, 0.15) is 6.10 Å². The van der Waals surface area contributed by atoms with Crippen molar-refractivity contribution in [2.45, 2.75) is 65.6 Å². The average molecular weight is 209 g/mol. The molecular formula is C13H23NO. The molecule has 1 fully saturated rings. The number of nitrogens with zero attached hydrogens (tertiary/aromatic N) is 1. The lowest BCUT2D eigenvalue weighted by Crippen LogP contribution is -2.34. The number of rotatable bonds is 3. The Morgan fingerprint density at radius 3 is 2.60 bits per heavy atom. The molecule has 0 aromatic rings. The third kappa shape index (κ3) is 3.83. The molecule has 3 atom stereocenters. The van der Waals surface area contributed by atoms with Crippen LogP contribution in [0.5, 0.6) is 0 Å². The molecule has 1 rings (SSSR count). The van der Waals surface area contributed by atoms with E-state index < -0.39 is 0 Å². The summed E-state index contributed by atoms with van der Waals surface area (Å²) in [5, 5.41) is 8.88. The van der Waals surface area contributed by atoms with Crippen LogP contribution >= 0.6 is 0 Å². The van der Waals surface area contributed by atoms with Crippen molar-refractivity contribution in [1.82, 2.24) is 0 Å². The second-order valence-electron chi connectivity index (χ2n) is 5.70. The molecule has 0 bridgehead atoms. The van der Waals surface area contributed by atoms with Crippen molar-refractivity contribution in [2.24, 2.45) is 11.3 Å². The van der Waals surface area contributed by atoms with Gasteiger partial charge in [-0.1, -0.05) is 27.7 Å². The summed E-state index contributed by atoms with van der Waals surface area (Å²) in [6, 6.07) is 2.22. The van der Waals surface area contributed by atoms with E-state index in [1.807, 2.05) is 6.92 Å². The monoisotopic (exact) mass is 209 g/mol. The molecule has 15 heavy (non-hydrogen) atoms. The molecule has 0 aromatic heterocycles. The van der Waals surface area contributed by atoms with Crippen molar-refractivity contribution in [1.29, 1.82) is 5.26 Å². The molecule has 0 radical (unpaired) electrons. The molecule has 0 amide bonds. The molecular weight excluding hydrogens is 186 g/mol. The fraction of sp³-hybridized carbons (Fsp3) is 0.923. The smallest absolute Gasteiger partial charge is 0.144 e. The van der Waals surface area contributed by atoms with Crippen LogP contribution in [0.25, 0.3) is 0 Å². The van der Waals surface area contributed by atoms with Gasteiger partial charge in [0, 0.05) is 0 Å². The highest BCUT2D eigenvalue weighted by molar-refractivity contribution is 4.88. The maximum atomic E-state index is 8.88. The van der Waals surface area contributed by atoms with Crippen molar-refractivity contribution >= 4 is 0 Å². The van der Waals surface area contributed by atoms with Crippen molar-refractivity contribution < 1.29 is 4.74 Å². The number of nitriles is 1. The maximum Gasteiger partial charge on any atom is 0.144 e. The molecule has 86 valence electrons. The first-order chi connectivity index (χ1) is 6.96. The van der Waals surface area contributed by atoms with Gasteiger partial charge in [-0.2, -0.15) is 5.26 Å². The molecule has 0 spiro atoms. The van der Waals surface area contributed by atoms with Gasteiger partial charge in [0.15, 0.2) is 0 Å². The molecule has 3 unspecified atom stereocenters. The Hall–Kier alpha value is -0.550.